The van der Waals surface area contributed by atoms with Crippen LogP contribution in [-0.2, 0) is 13.0 Å². The summed E-state index contributed by atoms with van der Waals surface area (Å²) in [5.41, 5.74) is 7.21. The lowest BCUT2D eigenvalue weighted by Gasteiger charge is -2.07. The van der Waals surface area contributed by atoms with Gasteiger partial charge in [-0.3, -0.25) is 0 Å². The molecule has 2 aromatic heterocycles. The molecule has 21 heavy (non-hydrogen) atoms. The number of nitrogens with zero attached hydrogens (tertiary/aromatic N) is 2. The van der Waals surface area contributed by atoms with Gasteiger partial charge in [-0.2, -0.15) is 0 Å². The second kappa shape index (κ2) is 5.54. The fraction of sp³-hybridized carbons (Fsp3) is 0.214. The Hall–Kier alpha value is -1.79. The molecule has 0 amide bonds. The maximum atomic E-state index is 13.7. The number of rotatable bonds is 4. The van der Waals surface area contributed by atoms with Gasteiger partial charge in [0.25, 0.3) is 0 Å². The van der Waals surface area contributed by atoms with Crippen LogP contribution in [0, 0.1) is 5.82 Å². The molecule has 0 saturated carbocycles. The Bertz CT molecular complexity index is 799. The summed E-state index contributed by atoms with van der Waals surface area (Å²) in [5, 5.41) is 0. The highest BCUT2D eigenvalue weighted by molar-refractivity contribution is 7.16. The molecule has 0 aliphatic heterocycles. The molecule has 2 heterocycles. The third kappa shape index (κ3) is 2.69. The van der Waals surface area contributed by atoms with Crippen molar-refractivity contribution in [2.75, 3.05) is 12.8 Å². The lowest BCUT2D eigenvalue weighted by atomic mass is 10.2. The largest absolute Gasteiger partial charge is 0.494 e. The van der Waals surface area contributed by atoms with Crippen molar-refractivity contribution in [2.45, 2.75) is 13.0 Å². The molecule has 0 radical (unpaired) electrons. The first kappa shape index (κ1) is 14.2. The molecule has 0 saturated heterocycles. The molecule has 110 valence electrons. The highest BCUT2D eigenvalue weighted by atomic mass is 35.5. The average Bonchev–Trinajstić information content (AvgIpc) is 2.98. The number of hydrogen-bond donors (Lipinski definition) is 1. The van der Waals surface area contributed by atoms with Gasteiger partial charge in [-0.1, -0.05) is 11.6 Å². The molecule has 0 aliphatic carbocycles. The summed E-state index contributed by atoms with van der Waals surface area (Å²) < 4.78 is 21.3. The second-order valence-electron chi connectivity index (χ2n) is 4.55. The summed E-state index contributed by atoms with van der Waals surface area (Å²) in [4.78, 5) is 5.35. The van der Waals surface area contributed by atoms with E-state index in [-0.39, 0.29) is 5.75 Å². The zero-order valence-electron chi connectivity index (χ0n) is 11.3. The van der Waals surface area contributed by atoms with E-state index in [1.807, 2.05) is 16.7 Å². The fourth-order valence-corrected chi connectivity index (χ4v) is 3.32. The van der Waals surface area contributed by atoms with Crippen molar-refractivity contribution in [3.05, 3.63) is 39.3 Å². The molecule has 0 aliphatic rings. The highest BCUT2D eigenvalue weighted by Crippen LogP contribution is 2.27. The van der Waals surface area contributed by atoms with Crippen LogP contribution in [0.15, 0.2) is 24.3 Å². The van der Waals surface area contributed by atoms with Crippen LogP contribution in [0.1, 0.15) is 4.88 Å². The first-order valence-corrected chi connectivity index (χ1v) is 7.51. The monoisotopic (exact) mass is 325 g/mol. The van der Waals surface area contributed by atoms with Gasteiger partial charge in [-0.05, 0) is 18.6 Å². The molecule has 0 unspecified atom stereocenters. The van der Waals surface area contributed by atoms with Crippen molar-refractivity contribution in [3.8, 4) is 5.75 Å². The summed E-state index contributed by atoms with van der Waals surface area (Å²) >= 11 is 7.46. The number of aryl methyl sites for hydroxylation is 2. The SMILES string of the molecule is COc1cc2c(cc1F)nc(N)n2CCc1ccc(Cl)s1. The van der Waals surface area contributed by atoms with Crippen LogP contribution in [0.5, 0.6) is 5.75 Å². The second-order valence-corrected chi connectivity index (χ2v) is 6.35. The van der Waals surface area contributed by atoms with Crippen LogP contribution in [-0.4, -0.2) is 16.7 Å². The summed E-state index contributed by atoms with van der Waals surface area (Å²) in [6.07, 6.45) is 0.784. The van der Waals surface area contributed by atoms with Gasteiger partial charge in [0.15, 0.2) is 11.6 Å². The predicted molar refractivity (Wildman–Crippen MR) is 83.7 cm³/mol. The molecule has 1 aromatic carbocycles. The van der Waals surface area contributed by atoms with E-state index in [4.69, 9.17) is 22.1 Å². The molecule has 3 rings (SSSR count). The van der Waals surface area contributed by atoms with Crippen LogP contribution in [0.25, 0.3) is 11.0 Å². The first-order chi connectivity index (χ1) is 10.1. The minimum Gasteiger partial charge on any atom is -0.494 e. The van der Waals surface area contributed by atoms with Crippen molar-refractivity contribution in [1.82, 2.24) is 9.55 Å². The number of halogens is 2. The number of anilines is 1. The fourth-order valence-electron chi connectivity index (χ4n) is 2.24. The van der Waals surface area contributed by atoms with E-state index in [0.29, 0.717) is 18.0 Å². The summed E-state index contributed by atoms with van der Waals surface area (Å²) in [6, 6.07) is 6.82. The zero-order valence-corrected chi connectivity index (χ0v) is 12.8. The van der Waals surface area contributed by atoms with Crippen molar-refractivity contribution < 1.29 is 9.13 Å². The number of thiophene rings is 1. The molecule has 2 N–H and O–H groups in total. The first-order valence-electron chi connectivity index (χ1n) is 6.32. The van der Waals surface area contributed by atoms with Gasteiger partial charge in [0.1, 0.15) is 0 Å². The van der Waals surface area contributed by atoms with Crippen molar-refractivity contribution in [1.29, 1.82) is 0 Å². The standard InChI is InChI=1S/C14H13ClFN3OS/c1-20-12-7-11-10(6-9(12)16)18-14(17)19(11)5-4-8-2-3-13(15)21-8/h2-3,6-7H,4-5H2,1H3,(H2,17,18). The Morgan fingerprint density at radius 3 is 2.90 bits per heavy atom. The maximum Gasteiger partial charge on any atom is 0.201 e. The summed E-state index contributed by atoms with van der Waals surface area (Å²) in [5.74, 6) is 0.0998. The van der Waals surface area contributed by atoms with Crippen molar-refractivity contribution in [3.63, 3.8) is 0 Å². The molecule has 0 fully saturated rings. The van der Waals surface area contributed by atoms with Gasteiger partial charge in [-0.15, -0.1) is 11.3 Å². The molecule has 7 heteroatoms. The molecule has 0 bridgehead atoms. The van der Waals surface area contributed by atoms with E-state index in [1.54, 1.807) is 6.07 Å². The topological polar surface area (TPSA) is 53.1 Å². The Labute approximate surface area is 129 Å². The van der Waals surface area contributed by atoms with E-state index >= 15 is 0 Å². The zero-order chi connectivity index (χ0) is 15.0. The average molecular weight is 326 g/mol. The number of imidazole rings is 1. The molecule has 0 spiro atoms. The highest BCUT2D eigenvalue weighted by Gasteiger charge is 2.13. The number of fused-ring (bicyclic) bond motifs is 1. The van der Waals surface area contributed by atoms with Gasteiger partial charge >= 0.3 is 0 Å². The Balaban J connectivity index is 1.95. The molecular weight excluding hydrogens is 313 g/mol. The van der Waals surface area contributed by atoms with Crippen LogP contribution >= 0.6 is 22.9 Å². The third-order valence-corrected chi connectivity index (χ3v) is 4.55. The Morgan fingerprint density at radius 2 is 2.24 bits per heavy atom. The van der Waals surface area contributed by atoms with E-state index in [2.05, 4.69) is 4.98 Å². The third-order valence-electron chi connectivity index (χ3n) is 3.26. The van der Waals surface area contributed by atoms with Gasteiger partial charge in [0.2, 0.25) is 5.95 Å². The number of hydrogen-bond acceptors (Lipinski definition) is 4. The van der Waals surface area contributed by atoms with Crippen LogP contribution in [0.4, 0.5) is 10.3 Å². The van der Waals surface area contributed by atoms with E-state index < -0.39 is 5.82 Å². The Morgan fingerprint density at radius 1 is 1.43 bits per heavy atom. The minimum absolute atomic E-state index is 0.183. The van der Waals surface area contributed by atoms with Crippen LogP contribution in [0.2, 0.25) is 4.34 Å². The normalized spacial score (nSPS) is 11.2. The van der Waals surface area contributed by atoms with Crippen LogP contribution < -0.4 is 10.5 Å². The Kier molecular flexibility index (Phi) is 3.73. The lowest BCUT2D eigenvalue weighted by molar-refractivity contribution is 0.387. The molecular formula is C14H13ClFN3OS. The van der Waals surface area contributed by atoms with Gasteiger partial charge in [0.05, 0.1) is 22.5 Å². The smallest absolute Gasteiger partial charge is 0.201 e. The number of ether oxygens (including phenoxy) is 1. The molecule has 0 atom stereocenters. The van der Waals surface area contributed by atoms with Crippen molar-refractivity contribution >= 4 is 39.9 Å². The number of methoxy groups -OCH3 is 1. The van der Waals surface area contributed by atoms with Gasteiger partial charge in [-0.25, -0.2) is 9.37 Å². The number of nitrogens with two attached hydrogens (primary N) is 1. The van der Waals surface area contributed by atoms with Gasteiger partial charge < -0.3 is 15.0 Å². The minimum atomic E-state index is -0.445. The number of benzene rings is 1. The van der Waals surface area contributed by atoms with E-state index in [1.165, 1.54) is 24.5 Å². The quantitative estimate of drug-likeness (QED) is 0.795. The van der Waals surface area contributed by atoms with Crippen molar-refractivity contribution in [2.24, 2.45) is 0 Å². The number of nitrogen functional groups attached to an aromatic ring is 1. The van der Waals surface area contributed by atoms with E-state index in [0.717, 1.165) is 21.2 Å². The predicted octanol–water partition coefficient (Wildman–Crippen LogP) is 3.72. The van der Waals surface area contributed by atoms with E-state index in [9.17, 15) is 4.39 Å². The lowest BCUT2D eigenvalue weighted by Crippen LogP contribution is -2.05. The molecule has 3 aromatic rings. The summed E-state index contributed by atoms with van der Waals surface area (Å²) in [6.45, 7) is 0.647. The summed E-state index contributed by atoms with van der Waals surface area (Å²) in [7, 11) is 1.43. The maximum absolute atomic E-state index is 13.7. The van der Waals surface area contributed by atoms with Crippen LogP contribution in [0.3, 0.4) is 0 Å². The molecule has 4 nitrogen and oxygen atoms in total. The van der Waals surface area contributed by atoms with Gasteiger partial charge in [0, 0.05) is 23.6 Å². The number of aromatic nitrogens is 2.